The van der Waals surface area contributed by atoms with Gasteiger partial charge in [0, 0.05) is 0 Å². The summed E-state index contributed by atoms with van der Waals surface area (Å²) in [7, 11) is 0. The molecule has 0 spiro atoms. The summed E-state index contributed by atoms with van der Waals surface area (Å²) in [5.74, 6) is 0.455. The van der Waals surface area contributed by atoms with Gasteiger partial charge in [0.15, 0.2) is 5.75 Å². The summed E-state index contributed by atoms with van der Waals surface area (Å²) in [6, 6.07) is 1.60. The van der Waals surface area contributed by atoms with Gasteiger partial charge in [-0.05, 0) is 6.07 Å². The maximum atomic E-state index is 5.74. The lowest BCUT2D eigenvalue weighted by Crippen LogP contribution is -1.98. The van der Waals surface area contributed by atoms with Crippen molar-refractivity contribution in [2.75, 3.05) is 16.9 Å². The number of benzene rings is 1. The average molecular weight is 208 g/mol. The third-order valence-electron chi connectivity index (χ3n) is 1.56. The molecule has 1 aromatic carbocycles. The van der Waals surface area contributed by atoms with E-state index in [9.17, 15) is 0 Å². The highest BCUT2D eigenvalue weighted by atomic mass is 35.5. The van der Waals surface area contributed by atoms with Crippen molar-refractivity contribution >= 4 is 41.1 Å². The minimum absolute atomic E-state index is 0. The molecule has 4 nitrogen and oxygen atoms in total. The third-order valence-corrected chi connectivity index (χ3v) is 1.84. The molecule has 0 saturated carbocycles. The molecular weight excluding hydrogens is 201 g/mol. The molecule has 5 N–H and O–H groups in total. The van der Waals surface area contributed by atoms with Crippen LogP contribution < -0.4 is 21.8 Å². The summed E-state index contributed by atoms with van der Waals surface area (Å²) in [5.41, 5.74) is 15.3. The second-order valence-corrected chi connectivity index (χ2v) is 2.68. The number of fused-ring (bicyclic) bond motifs is 2. The van der Waals surface area contributed by atoms with E-state index >= 15 is 0 Å². The van der Waals surface area contributed by atoms with E-state index in [0.717, 1.165) is 0 Å². The molecule has 6 heteroatoms. The Morgan fingerprint density at radius 2 is 2.08 bits per heavy atom. The molecule has 66 valence electrons. The van der Waals surface area contributed by atoms with E-state index in [0.29, 0.717) is 27.8 Å². The van der Waals surface area contributed by atoms with Crippen molar-refractivity contribution in [3.63, 3.8) is 0 Å². The van der Waals surface area contributed by atoms with E-state index in [2.05, 4.69) is 5.48 Å². The van der Waals surface area contributed by atoms with E-state index in [1.54, 1.807) is 6.07 Å². The Kier molecular flexibility index (Phi) is 2.12. The molecule has 0 atom stereocenters. The standard InChI is InChI=1S/C6H6ClN3O.ClH/c7-2-1-3(8)5-4(9)6(2)11-10-5;/h1,10H,8-9H2;1H. The zero-order valence-corrected chi connectivity index (χ0v) is 7.50. The van der Waals surface area contributed by atoms with Gasteiger partial charge in [0.2, 0.25) is 0 Å². The van der Waals surface area contributed by atoms with E-state index in [1.807, 2.05) is 0 Å². The quantitative estimate of drug-likeness (QED) is 0.566. The molecule has 1 aliphatic rings. The molecule has 2 rings (SSSR count). The molecule has 0 saturated heterocycles. The Balaban J connectivity index is 0.000000720. The second kappa shape index (κ2) is 2.80. The van der Waals surface area contributed by atoms with E-state index in [1.165, 1.54) is 0 Å². The minimum Gasteiger partial charge on any atom is -0.397 e. The fourth-order valence-corrected chi connectivity index (χ4v) is 1.25. The maximum Gasteiger partial charge on any atom is 0.198 e. The van der Waals surface area contributed by atoms with Gasteiger partial charge in [-0.1, -0.05) is 11.6 Å². The Bertz CT molecular complexity index is 301. The highest BCUT2D eigenvalue weighted by Gasteiger charge is 2.21. The predicted octanol–water partition coefficient (Wildman–Crippen LogP) is 1.65. The summed E-state index contributed by atoms with van der Waals surface area (Å²) in [6.45, 7) is 0. The molecule has 0 aliphatic carbocycles. The normalized spacial score (nSPS) is 11.4. The molecule has 1 aliphatic heterocycles. The number of nitrogen functional groups attached to an aromatic ring is 2. The summed E-state index contributed by atoms with van der Waals surface area (Å²) >= 11 is 5.74. The fourth-order valence-electron chi connectivity index (χ4n) is 0.992. The highest BCUT2D eigenvalue weighted by molar-refractivity contribution is 6.33. The molecule has 0 aromatic heterocycles. The number of halogens is 2. The van der Waals surface area contributed by atoms with Crippen molar-refractivity contribution in [3.8, 4) is 5.75 Å². The Morgan fingerprint density at radius 1 is 1.42 bits per heavy atom. The van der Waals surface area contributed by atoms with Gasteiger partial charge in [0.1, 0.15) is 11.4 Å². The highest BCUT2D eigenvalue weighted by Crippen LogP contribution is 2.45. The van der Waals surface area contributed by atoms with Crippen LogP contribution in [0.4, 0.5) is 17.1 Å². The molecule has 1 aromatic rings. The van der Waals surface area contributed by atoms with Crippen LogP contribution in [0.2, 0.25) is 5.02 Å². The SMILES string of the molecule is Cl.Nc1cc(Cl)c2c(N)c1NO2. The van der Waals surface area contributed by atoms with E-state index in [-0.39, 0.29) is 12.4 Å². The molecule has 2 bridgehead atoms. The van der Waals surface area contributed by atoms with Gasteiger partial charge in [0.05, 0.1) is 10.7 Å². The van der Waals surface area contributed by atoms with Crippen LogP contribution in [0, 0.1) is 0 Å². The second-order valence-electron chi connectivity index (χ2n) is 2.27. The zero-order chi connectivity index (χ0) is 8.01. The monoisotopic (exact) mass is 207 g/mol. The van der Waals surface area contributed by atoms with Crippen LogP contribution >= 0.6 is 24.0 Å². The van der Waals surface area contributed by atoms with Crippen molar-refractivity contribution in [1.29, 1.82) is 0 Å². The first-order valence-corrected chi connectivity index (χ1v) is 3.38. The molecule has 0 radical (unpaired) electrons. The Labute approximate surface area is 80.2 Å². The summed E-state index contributed by atoms with van der Waals surface area (Å²) in [4.78, 5) is 4.94. The van der Waals surface area contributed by atoms with Crippen LogP contribution in [-0.4, -0.2) is 0 Å². The molecule has 0 unspecified atom stereocenters. The Morgan fingerprint density at radius 3 is 2.75 bits per heavy atom. The smallest absolute Gasteiger partial charge is 0.198 e. The van der Waals surface area contributed by atoms with E-state index in [4.69, 9.17) is 27.9 Å². The van der Waals surface area contributed by atoms with E-state index < -0.39 is 0 Å². The Hall–Kier alpha value is -1.00. The topological polar surface area (TPSA) is 73.3 Å². The molecule has 0 amide bonds. The van der Waals surface area contributed by atoms with Gasteiger partial charge in [0.25, 0.3) is 0 Å². The first-order chi connectivity index (χ1) is 5.20. The molecule has 1 heterocycles. The van der Waals surface area contributed by atoms with Gasteiger partial charge in [-0.3, -0.25) is 0 Å². The van der Waals surface area contributed by atoms with Gasteiger partial charge in [-0.25, -0.2) is 5.48 Å². The van der Waals surface area contributed by atoms with Crippen LogP contribution in [-0.2, 0) is 0 Å². The third kappa shape index (κ3) is 1.00. The van der Waals surface area contributed by atoms with Crippen molar-refractivity contribution in [1.82, 2.24) is 0 Å². The van der Waals surface area contributed by atoms with Crippen molar-refractivity contribution in [3.05, 3.63) is 11.1 Å². The van der Waals surface area contributed by atoms with Crippen LogP contribution in [0.1, 0.15) is 0 Å². The summed E-state index contributed by atoms with van der Waals surface area (Å²) < 4.78 is 0. The van der Waals surface area contributed by atoms with Crippen LogP contribution in [0.5, 0.6) is 5.75 Å². The maximum absolute atomic E-state index is 5.74. The van der Waals surface area contributed by atoms with Crippen molar-refractivity contribution in [2.45, 2.75) is 0 Å². The lowest BCUT2D eigenvalue weighted by atomic mass is 10.2. The first-order valence-electron chi connectivity index (χ1n) is 3.00. The molecule has 0 fully saturated rings. The number of nitrogens with two attached hydrogens (primary N) is 2. The zero-order valence-electron chi connectivity index (χ0n) is 5.93. The molecular formula is C6H7Cl2N3O. The number of hydrogen-bond donors (Lipinski definition) is 3. The average Bonchev–Trinajstić information content (AvgIpc) is 2.22. The van der Waals surface area contributed by atoms with Gasteiger partial charge in [-0.2, -0.15) is 0 Å². The first kappa shape index (κ1) is 9.09. The van der Waals surface area contributed by atoms with Gasteiger partial charge >= 0.3 is 0 Å². The summed E-state index contributed by atoms with van der Waals surface area (Å²) in [5, 5.41) is 0.425. The molecule has 12 heavy (non-hydrogen) atoms. The summed E-state index contributed by atoms with van der Waals surface area (Å²) in [6.07, 6.45) is 0. The lowest BCUT2D eigenvalue weighted by Gasteiger charge is -1.98. The predicted molar refractivity (Wildman–Crippen MR) is 51.8 cm³/mol. The largest absolute Gasteiger partial charge is 0.397 e. The van der Waals surface area contributed by atoms with Gasteiger partial charge in [-0.15, -0.1) is 12.4 Å². The number of nitrogens with one attached hydrogen (secondary N) is 1. The fraction of sp³-hybridized carbons (Fsp3) is 0. The number of rotatable bonds is 0. The minimum atomic E-state index is 0. The van der Waals surface area contributed by atoms with Crippen LogP contribution in [0.3, 0.4) is 0 Å². The van der Waals surface area contributed by atoms with Crippen molar-refractivity contribution in [2.24, 2.45) is 0 Å². The number of hydrogen-bond acceptors (Lipinski definition) is 4. The van der Waals surface area contributed by atoms with Crippen LogP contribution in [0.25, 0.3) is 0 Å². The lowest BCUT2D eigenvalue weighted by molar-refractivity contribution is 0.424. The van der Waals surface area contributed by atoms with Crippen molar-refractivity contribution < 1.29 is 4.84 Å². The van der Waals surface area contributed by atoms with Crippen LogP contribution in [0.15, 0.2) is 6.07 Å². The van der Waals surface area contributed by atoms with Gasteiger partial charge < -0.3 is 16.3 Å². The number of anilines is 3.